The van der Waals surface area contributed by atoms with E-state index in [9.17, 15) is 24.3 Å². The predicted octanol–water partition coefficient (Wildman–Crippen LogP) is 3.88. The fourth-order valence-corrected chi connectivity index (χ4v) is 7.90. The topological polar surface area (TPSA) is 160 Å². The van der Waals surface area contributed by atoms with Crippen molar-refractivity contribution in [1.82, 2.24) is 25.4 Å². The molecule has 3 N–H and O–H groups in total. The molecular formula is C37H49N5O8. The lowest BCUT2D eigenvalue weighted by molar-refractivity contribution is -0.146. The second kappa shape index (κ2) is 14.1. The zero-order chi connectivity index (χ0) is 35.8. The maximum atomic E-state index is 14.4. The van der Waals surface area contributed by atoms with E-state index in [2.05, 4.69) is 20.5 Å². The summed E-state index contributed by atoms with van der Waals surface area (Å²) in [4.78, 5) is 62.6. The summed E-state index contributed by atoms with van der Waals surface area (Å²) in [5.41, 5.74) is -0.405. The fourth-order valence-electron chi connectivity index (χ4n) is 7.90. The van der Waals surface area contributed by atoms with Gasteiger partial charge in [-0.3, -0.25) is 14.5 Å². The Kier molecular flexibility index (Phi) is 9.98. The molecule has 6 atom stereocenters. The lowest BCUT2D eigenvalue weighted by Gasteiger charge is -2.33. The van der Waals surface area contributed by atoms with Gasteiger partial charge in [-0.15, -0.1) is 0 Å². The Morgan fingerprint density at radius 2 is 1.88 bits per heavy atom. The average Bonchev–Trinajstić information content (AvgIpc) is 3.44. The monoisotopic (exact) mass is 691 g/mol. The second-order valence-corrected chi connectivity index (χ2v) is 15.1. The molecular weight excluding hydrogens is 642 g/mol. The SMILES string of the molecule is COc1ccc2c(CN3C[C@H]4CN5C(=O)[C@H](NC(=O)OC(C)(C)C)CCCCC/C=C\[C@@H]6C[C@@]6(C(=O)O)NC(=O)[C@@H]5[C@H]4C3)cc(OC)nc2c1. The van der Waals surface area contributed by atoms with Crippen molar-refractivity contribution in [3.8, 4) is 11.6 Å². The van der Waals surface area contributed by atoms with Gasteiger partial charge in [0.2, 0.25) is 17.7 Å². The average molecular weight is 692 g/mol. The maximum Gasteiger partial charge on any atom is 0.408 e. The first-order valence-electron chi connectivity index (χ1n) is 17.6. The number of likely N-dealkylation sites (tertiary alicyclic amines) is 1. The number of amides is 3. The molecule has 270 valence electrons. The molecule has 3 fully saturated rings. The molecule has 4 aliphatic rings. The third-order valence-electron chi connectivity index (χ3n) is 10.4. The molecule has 2 saturated heterocycles. The van der Waals surface area contributed by atoms with Gasteiger partial charge in [0.25, 0.3) is 0 Å². The summed E-state index contributed by atoms with van der Waals surface area (Å²) in [5.74, 6) is -1.33. The number of nitrogens with one attached hydrogen (secondary N) is 2. The number of hydrogen-bond donors (Lipinski definition) is 3. The number of carboxylic acids is 1. The van der Waals surface area contributed by atoms with Crippen LogP contribution in [0.1, 0.15) is 64.9 Å². The fraction of sp³-hybridized carbons (Fsp3) is 0.595. The smallest absolute Gasteiger partial charge is 0.408 e. The van der Waals surface area contributed by atoms with Crippen molar-refractivity contribution in [3.05, 3.63) is 42.0 Å². The molecule has 6 rings (SSSR count). The van der Waals surface area contributed by atoms with Gasteiger partial charge in [-0.2, -0.15) is 0 Å². The number of aliphatic carboxylic acids is 1. The summed E-state index contributed by atoms with van der Waals surface area (Å²) in [7, 11) is 3.18. The zero-order valence-electron chi connectivity index (χ0n) is 29.6. The van der Waals surface area contributed by atoms with Gasteiger partial charge in [0.05, 0.1) is 19.7 Å². The minimum absolute atomic E-state index is 0.0403. The van der Waals surface area contributed by atoms with E-state index in [0.29, 0.717) is 57.1 Å². The summed E-state index contributed by atoms with van der Waals surface area (Å²) in [6, 6.07) is 5.87. The van der Waals surface area contributed by atoms with E-state index in [1.54, 1.807) is 39.9 Å². The van der Waals surface area contributed by atoms with Crippen molar-refractivity contribution >= 4 is 34.8 Å². The molecule has 1 aliphatic carbocycles. The van der Waals surface area contributed by atoms with Crippen LogP contribution in [0.3, 0.4) is 0 Å². The molecule has 1 saturated carbocycles. The van der Waals surface area contributed by atoms with Gasteiger partial charge in [0.15, 0.2) is 0 Å². The number of carboxylic acid groups (broad SMARTS) is 1. The van der Waals surface area contributed by atoms with Crippen molar-refractivity contribution in [2.45, 2.75) is 89.1 Å². The largest absolute Gasteiger partial charge is 0.497 e. The maximum absolute atomic E-state index is 14.4. The molecule has 50 heavy (non-hydrogen) atoms. The Morgan fingerprint density at radius 3 is 2.60 bits per heavy atom. The van der Waals surface area contributed by atoms with Crippen molar-refractivity contribution in [2.24, 2.45) is 17.8 Å². The summed E-state index contributed by atoms with van der Waals surface area (Å²) < 4.78 is 16.4. The first-order valence-corrected chi connectivity index (χ1v) is 17.6. The van der Waals surface area contributed by atoms with E-state index >= 15 is 0 Å². The van der Waals surface area contributed by atoms with E-state index < -0.39 is 41.2 Å². The molecule has 2 aromatic rings. The highest BCUT2D eigenvalue weighted by Gasteiger charge is 2.62. The minimum atomic E-state index is -1.40. The second-order valence-electron chi connectivity index (χ2n) is 15.1. The molecule has 0 radical (unpaired) electrons. The number of hydrogen-bond acceptors (Lipinski definition) is 9. The van der Waals surface area contributed by atoms with Crippen molar-refractivity contribution in [3.63, 3.8) is 0 Å². The molecule has 0 spiro atoms. The number of carbonyl (C=O) groups excluding carboxylic acids is 3. The van der Waals surface area contributed by atoms with Crippen molar-refractivity contribution < 1.29 is 38.5 Å². The lowest BCUT2D eigenvalue weighted by Crippen LogP contribution is -2.58. The number of ether oxygens (including phenoxy) is 3. The zero-order valence-corrected chi connectivity index (χ0v) is 29.6. The molecule has 13 nitrogen and oxygen atoms in total. The highest BCUT2D eigenvalue weighted by Crippen LogP contribution is 2.46. The van der Waals surface area contributed by atoms with Gasteiger partial charge < -0.3 is 34.9 Å². The van der Waals surface area contributed by atoms with Crippen LogP contribution in [-0.4, -0.2) is 101 Å². The Balaban J connectivity index is 1.29. The van der Waals surface area contributed by atoms with Gasteiger partial charge >= 0.3 is 12.1 Å². The molecule has 1 aromatic heterocycles. The number of benzene rings is 1. The highest BCUT2D eigenvalue weighted by molar-refractivity contribution is 5.96. The first-order chi connectivity index (χ1) is 23.8. The number of pyridine rings is 1. The summed E-state index contributed by atoms with van der Waals surface area (Å²) in [6.45, 7) is 7.30. The van der Waals surface area contributed by atoms with Gasteiger partial charge in [0.1, 0.15) is 29.0 Å². The number of allylic oxidation sites excluding steroid dienone is 1. The standard InChI is InChI=1S/C37H49N5O8/c1-36(2,3)50-35(47)39-28-12-10-8-6-7-9-11-24-17-37(24,34(45)46)40-32(43)31-27-21-41(19-23(27)20-42(31)33(28)44)18-22-15-30(49-5)38-29-16-25(48-4)13-14-26(22)29/h9,11,13-16,23-24,27-28,31H,6-8,10,12,17-21H2,1-5H3,(H,39,47)(H,40,43)(H,45,46)/b11-9-/t23-,24+,27-,28+,31-,37+/m0/s1. The number of aromatic nitrogens is 1. The Bertz CT molecular complexity index is 1670. The van der Waals surface area contributed by atoms with Crippen LogP contribution >= 0.6 is 0 Å². The normalized spacial score (nSPS) is 29.5. The van der Waals surface area contributed by atoms with Gasteiger partial charge in [-0.05, 0) is 70.1 Å². The van der Waals surface area contributed by atoms with Crippen LogP contribution in [-0.2, 0) is 25.7 Å². The van der Waals surface area contributed by atoms with E-state index in [4.69, 9.17) is 14.2 Å². The molecule has 3 aliphatic heterocycles. The Labute approximate surface area is 292 Å². The van der Waals surface area contributed by atoms with E-state index in [1.807, 2.05) is 36.4 Å². The third-order valence-corrected chi connectivity index (χ3v) is 10.4. The Morgan fingerprint density at radius 1 is 1.08 bits per heavy atom. The van der Waals surface area contributed by atoms with Crippen LogP contribution in [0, 0.1) is 17.8 Å². The van der Waals surface area contributed by atoms with Gasteiger partial charge in [-0.25, -0.2) is 14.6 Å². The molecule has 3 amide bonds. The number of rotatable bonds is 6. The molecule has 1 aromatic carbocycles. The quantitative estimate of drug-likeness (QED) is 0.380. The lowest BCUT2D eigenvalue weighted by atomic mass is 9.93. The number of fused-ring (bicyclic) bond motifs is 5. The van der Waals surface area contributed by atoms with Crippen LogP contribution in [0.2, 0.25) is 0 Å². The number of methoxy groups -OCH3 is 2. The van der Waals surface area contributed by atoms with Gasteiger partial charge in [0, 0.05) is 55.5 Å². The summed E-state index contributed by atoms with van der Waals surface area (Å²) >= 11 is 0. The minimum Gasteiger partial charge on any atom is -0.497 e. The molecule has 0 unspecified atom stereocenters. The number of nitrogens with zero attached hydrogens (tertiary/aromatic N) is 3. The third kappa shape index (κ3) is 7.38. The van der Waals surface area contributed by atoms with Crippen LogP contribution in [0.4, 0.5) is 4.79 Å². The van der Waals surface area contributed by atoms with Crippen LogP contribution in [0.25, 0.3) is 10.9 Å². The summed E-state index contributed by atoms with van der Waals surface area (Å²) in [6.07, 6.45) is 7.06. The molecule has 0 bridgehead atoms. The van der Waals surface area contributed by atoms with Crippen LogP contribution in [0.5, 0.6) is 11.6 Å². The summed E-state index contributed by atoms with van der Waals surface area (Å²) in [5, 5.41) is 16.9. The van der Waals surface area contributed by atoms with Crippen molar-refractivity contribution in [2.75, 3.05) is 33.9 Å². The highest BCUT2D eigenvalue weighted by atomic mass is 16.6. The number of carbonyl (C=O) groups is 4. The Hall–Kier alpha value is -4.39. The van der Waals surface area contributed by atoms with Crippen LogP contribution in [0.15, 0.2) is 36.4 Å². The molecule has 4 heterocycles. The van der Waals surface area contributed by atoms with Gasteiger partial charge in [-0.1, -0.05) is 25.0 Å². The van der Waals surface area contributed by atoms with Crippen LogP contribution < -0.4 is 20.1 Å². The number of alkyl carbamates (subject to hydrolysis) is 1. The van der Waals surface area contributed by atoms with E-state index in [-0.39, 0.29) is 23.7 Å². The van der Waals surface area contributed by atoms with Crippen molar-refractivity contribution in [1.29, 1.82) is 0 Å². The van der Waals surface area contributed by atoms with E-state index in [1.165, 1.54) is 0 Å². The van der Waals surface area contributed by atoms with E-state index in [0.717, 1.165) is 35.7 Å². The predicted molar refractivity (Wildman–Crippen MR) is 185 cm³/mol. The first kappa shape index (κ1) is 35.4. The molecule has 13 heteroatoms.